The Labute approximate surface area is 121 Å². The summed E-state index contributed by atoms with van der Waals surface area (Å²) in [7, 11) is 4.18. The SMILES string of the molecule is CCn1nc(CN(C)CC(C)CNC)c2ccccc21. The molecule has 20 heavy (non-hydrogen) atoms. The summed E-state index contributed by atoms with van der Waals surface area (Å²) in [6.07, 6.45) is 0. The highest BCUT2D eigenvalue weighted by molar-refractivity contribution is 5.81. The van der Waals surface area contributed by atoms with Crippen molar-refractivity contribution in [1.29, 1.82) is 0 Å². The third kappa shape index (κ3) is 3.38. The molecule has 4 nitrogen and oxygen atoms in total. The Morgan fingerprint density at radius 3 is 2.80 bits per heavy atom. The topological polar surface area (TPSA) is 33.1 Å². The van der Waals surface area contributed by atoms with E-state index < -0.39 is 0 Å². The van der Waals surface area contributed by atoms with Gasteiger partial charge in [-0.05, 0) is 39.5 Å². The number of fused-ring (bicyclic) bond motifs is 1. The van der Waals surface area contributed by atoms with E-state index in [-0.39, 0.29) is 0 Å². The van der Waals surface area contributed by atoms with Crippen molar-refractivity contribution in [3.8, 4) is 0 Å². The number of rotatable bonds is 7. The van der Waals surface area contributed by atoms with Gasteiger partial charge in [-0.1, -0.05) is 25.1 Å². The first kappa shape index (κ1) is 15.0. The molecular weight excluding hydrogens is 248 g/mol. The molecule has 0 saturated carbocycles. The van der Waals surface area contributed by atoms with E-state index in [1.807, 2.05) is 7.05 Å². The second-order valence-electron chi connectivity index (χ2n) is 5.64. The normalized spacial score (nSPS) is 13.2. The Hall–Kier alpha value is -1.39. The minimum atomic E-state index is 0.643. The highest BCUT2D eigenvalue weighted by Crippen LogP contribution is 2.19. The zero-order valence-corrected chi connectivity index (χ0v) is 13.1. The zero-order chi connectivity index (χ0) is 14.5. The number of nitrogens with zero attached hydrogens (tertiary/aromatic N) is 3. The van der Waals surface area contributed by atoms with E-state index in [0.29, 0.717) is 5.92 Å². The summed E-state index contributed by atoms with van der Waals surface area (Å²) in [6, 6.07) is 8.50. The first-order valence-electron chi connectivity index (χ1n) is 7.43. The maximum atomic E-state index is 4.76. The lowest BCUT2D eigenvalue weighted by Crippen LogP contribution is -2.29. The van der Waals surface area contributed by atoms with Crippen LogP contribution in [0.4, 0.5) is 0 Å². The molecule has 0 spiro atoms. The molecule has 0 aliphatic carbocycles. The Balaban J connectivity index is 2.13. The van der Waals surface area contributed by atoms with E-state index in [4.69, 9.17) is 5.10 Å². The second-order valence-corrected chi connectivity index (χ2v) is 5.64. The van der Waals surface area contributed by atoms with Crippen LogP contribution in [-0.2, 0) is 13.1 Å². The van der Waals surface area contributed by atoms with Crippen LogP contribution in [-0.4, -0.2) is 41.9 Å². The molecule has 110 valence electrons. The Morgan fingerprint density at radius 1 is 1.35 bits per heavy atom. The minimum Gasteiger partial charge on any atom is -0.319 e. The van der Waals surface area contributed by atoms with Crippen LogP contribution in [0.2, 0.25) is 0 Å². The number of aryl methyl sites for hydroxylation is 1. The predicted octanol–water partition coefficient (Wildman–Crippen LogP) is 2.34. The molecule has 1 atom stereocenters. The molecule has 1 heterocycles. The number of benzene rings is 1. The molecule has 0 radical (unpaired) electrons. The first-order valence-corrected chi connectivity index (χ1v) is 7.43. The molecule has 1 N–H and O–H groups in total. The third-order valence-corrected chi connectivity index (χ3v) is 3.63. The molecule has 0 bridgehead atoms. The van der Waals surface area contributed by atoms with Gasteiger partial charge in [-0.2, -0.15) is 5.10 Å². The van der Waals surface area contributed by atoms with Gasteiger partial charge in [0.15, 0.2) is 0 Å². The summed E-state index contributed by atoms with van der Waals surface area (Å²) in [4.78, 5) is 2.36. The second kappa shape index (κ2) is 6.86. The first-order chi connectivity index (χ1) is 9.65. The fraction of sp³-hybridized carbons (Fsp3) is 0.562. The summed E-state index contributed by atoms with van der Waals surface area (Å²) >= 11 is 0. The molecule has 0 fully saturated rings. The highest BCUT2D eigenvalue weighted by atomic mass is 15.3. The lowest BCUT2D eigenvalue weighted by atomic mass is 10.1. The van der Waals surface area contributed by atoms with Gasteiger partial charge in [0.25, 0.3) is 0 Å². The molecule has 0 aliphatic heterocycles. The summed E-state index contributed by atoms with van der Waals surface area (Å²) < 4.78 is 2.09. The van der Waals surface area contributed by atoms with E-state index in [0.717, 1.165) is 26.2 Å². The van der Waals surface area contributed by atoms with Gasteiger partial charge in [-0.15, -0.1) is 0 Å². The van der Waals surface area contributed by atoms with Crippen LogP contribution in [0.3, 0.4) is 0 Å². The average Bonchev–Trinajstić information content (AvgIpc) is 2.77. The molecule has 2 aromatic rings. The van der Waals surface area contributed by atoms with Gasteiger partial charge in [0.05, 0.1) is 11.2 Å². The minimum absolute atomic E-state index is 0.643. The van der Waals surface area contributed by atoms with Crippen LogP contribution in [0.1, 0.15) is 19.5 Å². The molecule has 1 unspecified atom stereocenters. The number of hydrogen-bond donors (Lipinski definition) is 1. The van der Waals surface area contributed by atoms with E-state index >= 15 is 0 Å². The van der Waals surface area contributed by atoms with Gasteiger partial charge in [0.1, 0.15) is 0 Å². The maximum absolute atomic E-state index is 4.76. The molecule has 1 aromatic carbocycles. The van der Waals surface area contributed by atoms with Crippen LogP contribution in [0, 0.1) is 5.92 Å². The Kier molecular flexibility index (Phi) is 5.15. The third-order valence-electron chi connectivity index (χ3n) is 3.63. The van der Waals surface area contributed by atoms with Gasteiger partial charge >= 0.3 is 0 Å². The van der Waals surface area contributed by atoms with Crippen LogP contribution >= 0.6 is 0 Å². The van der Waals surface area contributed by atoms with E-state index in [1.54, 1.807) is 0 Å². The summed E-state index contributed by atoms with van der Waals surface area (Å²) in [5.41, 5.74) is 2.42. The van der Waals surface area contributed by atoms with Gasteiger partial charge in [-0.3, -0.25) is 4.68 Å². The molecule has 0 aliphatic rings. The molecule has 4 heteroatoms. The van der Waals surface area contributed by atoms with Gasteiger partial charge in [0.2, 0.25) is 0 Å². The van der Waals surface area contributed by atoms with Gasteiger partial charge in [0, 0.05) is 25.0 Å². The van der Waals surface area contributed by atoms with Crippen molar-refractivity contribution < 1.29 is 0 Å². The van der Waals surface area contributed by atoms with Crippen molar-refractivity contribution in [2.24, 2.45) is 5.92 Å². The van der Waals surface area contributed by atoms with Crippen molar-refractivity contribution in [3.63, 3.8) is 0 Å². The van der Waals surface area contributed by atoms with Crippen molar-refractivity contribution in [1.82, 2.24) is 20.0 Å². The largest absolute Gasteiger partial charge is 0.319 e. The highest BCUT2D eigenvalue weighted by Gasteiger charge is 2.12. The van der Waals surface area contributed by atoms with Crippen molar-refractivity contribution in [2.75, 3.05) is 27.2 Å². The fourth-order valence-corrected chi connectivity index (χ4v) is 2.82. The van der Waals surface area contributed by atoms with Crippen molar-refractivity contribution in [3.05, 3.63) is 30.0 Å². The quantitative estimate of drug-likeness (QED) is 0.841. The Morgan fingerprint density at radius 2 is 2.10 bits per heavy atom. The monoisotopic (exact) mass is 274 g/mol. The summed E-state index contributed by atoms with van der Waals surface area (Å²) in [5.74, 6) is 0.643. The number of nitrogens with one attached hydrogen (secondary N) is 1. The zero-order valence-electron chi connectivity index (χ0n) is 13.1. The molecule has 0 saturated heterocycles. The smallest absolute Gasteiger partial charge is 0.0843 e. The lowest BCUT2D eigenvalue weighted by Gasteiger charge is -2.20. The molecule has 1 aromatic heterocycles. The number of aromatic nitrogens is 2. The van der Waals surface area contributed by atoms with E-state index in [2.05, 4.69) is 60.1 Å². The number of hydrogen-bond acceptors (Lipinski definition) is 3. The van der Waals surface area contributed by atoms with Crippen LogP contribution in [0.15, 0.2) is 24.3 Å². The van der Waals surface area contributed by atoms with E-state index in [9.17, 15) is 0 Å². The molecule has 0 amide bonds. The Bertz CT molecular complexity index is 546. The predicted molar refractivity (Wildman–Crippen MR) is 84.8 cm³/mol. The summed E-state index contributed by atoms with van der Waals surface area (Å²) in [5, 5.41) is 9.27. The van der Waals surface area contributed by atoms with Gasteiger partial charge < -0.3 is 10.2 Å². The lowest BCUT2D eigenvalue weighted by molar-refractivity contribution is 0.273. The van der Waals surface area contributed by atoms with Crippen molar-refractivity contribution in [2.45, 2.75) is 26.9 Å². The summed E-state index contributed by atoms with van der Waals surface area (Å²) in [6.45, 7) is 8.36. The molecule has 2 rings (SSSR count). The van der Waals surface area contributed by atoms with Crippen molar-refractivity contribution >= 4 is 10.9 Å². The fourth-order valence-electron chi connectivity index (χ4n) is 2.82. The average molecular weight is 274 g/mol. The molecular formula is C16H26N4. The van der Waals surface area contributed by atoms with E-state index in [1.165, 1.54) is 16.6 Å². The maximum Gasteiger partial charge on any atom is 0.0843 e. The van der Waals surface area contributed by atoms with Crippen LogP contribution in [0.5, 0.6) is 0 Å². The standard InChI is InChI=1S/C16H26N4/c1-5-20-16-9-7-6-8-14(16)15(18-20)12-19(4)11-13(2)10-17-3/h6-9,13,17H,5,10-12H2,1-4H3. The van der Waals surface area contributed by atoms with Crippen LogP contribution < -0.4 is 5.32 Å². The number of para-hydroxylation sites is 1. The van der Waals surface area contributed by atoms with Crippen LogP contribution in [0.25, 0.3) is 10.9 Å². The van der Waals surface area contributed by atoms with Gasteiger partial charge in [-0.25, -0.2) is 0 Å².